The van der Waals surface area contributed by atoms with Gasteiger partial charge in [-0.25, -0.2) is 0 Å². The third-order valence-electron chi connectivity index (χ3n) is 3.22. The van der Waals surface area contributed by atoms with Crippen molar-refractivity contribution in [2.45, 2.75) is 25.8 Å². The molecular weight excluding hydrogens is 250 g/mol. The fourth-order valence-electron chi connectivity index (χ4n) is 1.92. The van der Waals surface area contributed by atoms with Crippen molar-refractivity contribution < 1.29 is 4.79 Å². The fraction of sp³-hybridized carbons (Fsp3) is 0.250. The summed E-state index contributed by atoms with van der Waals surface area (Å²) < 4.78 is 0. The van der Waals surface area contributed by atoms with Crippen molar-refractivity contribution in [1.29, 1.82) is 0 Å². The van der Waals surface area contributed by atoms with Gasteiger partial charge in [-0.1, -0.05) is 30.3 Å². The smallest absolute Gasteiger partial charge is 0.241 e. The number of aryl methyl sites for hydroxylation is 2. The van der Waals surface area contributed by atoms with Gasteiger partial charge in [0.1, 0.15) is 0 Å². The van der Waals surface area contributed by atoms with Crippen molar-refractivity contribution in [2.24, 2.45) is 5.73 Å². The Balaban J connectivity index is 1.88. The molecule has 1 atom stereocenters. The van der Waals surface area contributed by atoms with E-state index in [2.05, 4.69) is 10.3 Å². The SMILES string of the molecule is Cc1ccncc1NC(=O)C(N)CCc1ccccc1. The number of nitrogens with zero attached hydrogens (tertiary/aromatic N) is 1. The third-order valence-corrected chi connectivity index (χ3v) is 3.22. The molecule has 0 spiro atoms. The second kappa shape index (κ2) is 6.82. The Kier molecular flexibility index (Phi) is 4.85. The van der Waals surface area contributed by atoms with Crippen LogP contribution in [0.1, 0.15) is 17.5 Å². The summed E-state index contributed by atoms with van der Waals surface area (Å²) in [5, 5.41) is 2.82. The van der Waals surface area contributed by atoms with Crippen LogP contribution in [0.25, 0.3) is 0 Å². The zero-order chi connectivity index (χ0) is 14.4. The molecule has 1 aromatic carbocycles. The molecule has 1 amide bonds. The first-order valence-electron chi connectivity index (χ1n) is 6.68. The van der Waals surface area contributed by atoms with Gasteiger partial charge in [0.2, 0.25) is 5.91 Å². The molecule has 4 nitrogen and oxygen atoms in total. The molecule has 3 N–H and O–H groups in total. The van der Waals surface area contributed by atoms with Gasteiger partial charge in [-0.2, -0.15) is 0 Å². The molecule has 2 rings (SSSR count). The van der Waals surface area contributed by atoms with E-state index in [9.17, 15) is 4.79 Å². The first-order chi connectivity index (χ1) is 9.66. The van der Waals surface area contributed by atoms with Crippen molar-refractivity contribution in [3.8, 4) is 0 Å². The second-order valence-corrected chi connectivity index (χ2v) is 4.81. The average Bonchev–Trinajstić information content (AvgIpc) is 2.48. The summed E-state index contributed by atoms with van der Waals surface area (Å²) in [6.45, 7) is 1.92. The van der Waals surface area contributed by atoms with Crippen molar-refractivity contribution in [2.75, 3.05) is 5.32 Å². The monoisotopic (exact) mass is 269 g/mol. The molecule has 1 heterocycles. The van der Waals surface area contributed by atoms with Crippen LogP contribution in [-0.4, -0.2) is 16.9 Å². The maximum Gasteiger partial charge on any atom is 0.241 e. The Labute approximate surface area is 119 Å². The molecule has 0 aliphatic heterocycles. The van der Waals surface area contributed by atoms with Crippen LogP contribution in [0.3, 0.4) is 0 Å². The number of rotatable bonds is 5. The number of anilines is 1. The normalized spacial score (nSPS) is 11.9. The van der Waals surface area contributed by atoms with E-state index in [-0.39, 0.29) is 5.91 Å². The summed E-state index contributed by atoms with van der Waals surface area (Å²) in [6, 6.07) is 11.4. The Bertz CT molecular complexity index is 569. The zero-order valence-corrected chi connectivity index (χ0v) is 11.5. The van der Waals surface area contributed by atoms with Gasteiger partial charge in [0.05, 0.1) is 17.9 Å². The predicted molar refractivity (Wildman–Crippen MR) is 80.3 cm³/mol. The van der Waals surface area contributed by atoms with Gasteiger partial charge in [0.15, 0.2) is 0 Å². The van der Waals surface area contributed by atoms with Crippen LogP contribution in [0.4, 0.5) is 5.69 Å². The van der Waals surface area contributed by atoms with Gasteiger partial charge >= 0.3 is 0 Å². The maximum atomic E-state index is 12.0. The van der Waals surface area contributed by atoms with Crippen LogP contribution in [0.2, 0.25) is 0 Å². The topological polar surface area (TPSA) is 68.0 Å². The molecule has 0 saturated carbocycles. The van der Waals surface area contributed by atoms with E-state index < -0.39 is 6.04 Å². The van der Waals surface area contributed by atoms with Crippen LogP contribution in [0.15, 0.2) is 48.8 Å². The lowest BCUT2D eigenvalue weighted by Gasteiger charge is -2.13. The number of hydrogen-bond donors (Lipinski definition) is 2. The molecule has 104 valence electrons. The molecule has 0 aliphatic carbocycles. The number of amides is 1. The van der Waals surface area contributed by atoms with E-state index in [0.717, 1.165) is 12.0 Å². The highest BCUT2D eigenvalue weighted by Crippen LogP contribution is 2.12. The Morgan fingerprint density at radius 1 is 1.30 bits per heavy atom. The van der Waals surface area contributed by atoms with E-state index in [4.69, 9.17) is 5.73 Å². The van der Waals surface area contributed by atoms with Crippen molar-refractivity contribution in [1.82, 2.24) is 4.98 Å². The summed E-state index contributed by atoms with van der Waals surface area (Å²) in [7, 11) is 0. The standard InChI is InChI=1S/C16H19N3O/c1-12-9-10-18-11-15(12)19-16(20)14(17)8-7-13-5-3-2-4-6-13/h2-6,9-11,14H,7-8,17H2,1H3,(H,19,20). The van der Waals surface area contributed by atoms with Crippen LogP contribution in [0, 0.1) is 6.92 Å². The average molecular weight is 269 g/mol. The zero-order valence-electron chi connectivity index (χ0n) is 11.5. The van der Waals surface area contributed by atoms with Crippen LogP contribution < -0.4 is 11.1 Å². The molecule has 0 saturated heterocycles. The lowest BCUT2D eigenvalue weighted by molar-refractivity contribution is -0.117. The van der Waals surface area contributed by atoms with Gasteiger partial charge in [-0.3, -0.25) is 9.78 Å². The van der Waals surface area contributed by atoms with Gasteiger partial charge in [-0.05, 0) is 37.0 Å². The van der Waals surface area contributed by atoms with E-state index in [1.54, 1.807) is 12.4 Å². The van der Waals surface area contributed by atoms with E-state index in [1.807, 2.05) is 43.3 Å². The Hall–Kier alpha value is -2.20. The minimum atomic E-state index is -0.519. The van der Waals surface area contributed by atoms with E-state index in [1.165, 1.54) is 5.56 Å². The van der Waals surface area contributed by atoms with E-state index in [0.29, 0.717) is 12.1 Å². The Morgan fingerprint density at radius 3 is 2.75 bits per heavy atom. The number of nitrogens with two attached hydrogens (primary N) is 1. The quantitative estimate of drug-likeness (QED) is 0.875. The molecule has 2 aromatic rings. The first kappa shape index (κ1) is 14.2. The number of carbonyl (C=O) groups is 1. The minimum absolute atomic E-state index is 0.169. The Morgan fingerprint density at radius 2 is 2.05 bits per heavy atom. The number of nitrogens with one attached hydrogen (secondary N) is 1. The summed E-state index contributed by atoms with van der Waals surface area (Å²) in [5.74, 6) is -0.169. The third kappa shape index (κ3) is 3.90. The molecule has 1 unspecified atom stereocenters. The molecule has 0 aliphatic rings. The molecule has 4 heteroatoms. The van der Waals surface area contributed by atoms with Gasteiger partial charge in [-0.15, -0.1) is 0 Å². The lowest BCUT2D eigenvalue weighted by Crippen LogP contribution is -2.36. The van der Waals surface area contributed by atoms with Crippen LogP contribution in [-0.2, 0) is 11.2 Å². The van der Waals surface area contributed by atoms with Crippen molar-refractivity contribution in [3.05, 3.63) is 59.9 Å². The molecular formula is C16H19N3O. The highest BCUT2D eigenvalue weighted by atomic mass is 16.2. The highest BCUT2D eigenvalue weighted by molar-refractivity contribution is 5.95. The predicted octanol–water partition coefficient (Wildman–Crippen LogP) is 2.29. The number of aromatic nitrogens is 1. The number of pyridine rings is 1. The number of carbonyl (C=O) groups excluding carboxylic acids is 1. The van der Waals surface area contributed by atoms with Crippen molar-refractivity contribution in [3.63, 3.8) is 0 Å². The van der Waals surface area contributed by atoms with Crippen LogP contribution >= 0.6 is 0 Å². The maximum absolute atomic E-state index is 12.0. The van der Waals surface area contributed by atoms with Gasteiger partial charge in [0.25, 0.3) is 0 Å². The lowest BCUT2D eigenvalue weighted by atomic mass is 10.1. The van der Waals surface area contributed by atoms with Crippen LogP contribution in [0.5, 0.6) is 0 Å². The first-order valence-corrected chi connectivity index (χ1v) is 6.68. The fourth-order valence-corrected chi connectivity index (χ4v) is 1.92. The molecule has 20 heavy (non-hydrogen) atoms. The second-order valence-electron chi connectivity index (χ2n) is 4.81. The van der Waals surface area contributed by atoms with Gasteiger partial charge in [0, 0.05) is 6.20 Å². The number of hydrogen-bond acceptors (Lipinski definition) is 3. The highest BCUT2D eigenvalue weighted by Gasteiger charge is 2.14. The van der Waals surface area contributed by atoms with Crippen molar-refractivity contribution >= 4 is 11.6 Å². The summed E-state index contributed by atoms with van der Waals surface area (Å²) in [6.07, 6.45) is 4.74. The number of benzene rings is 1. The molecule has 1 aromatic heterocycles. The minimum Gasteiger partial charge on any atom is -0.323 e. The summed E-state index contributed by atoms with van der Waals surface area (Å²) >= 11 is 0. The summed E-state index contributed by atoms with van der Waals surface area (Å²) in [4.78, 5) is 16.0. The molecule has 0 fully saturated rings. The molecule has 0 bridgehead atoms. The molecule has 0 radical (unpaired) electrons. The largest absolute Gasteiger partial charge is 0.323 e. The van der Waals surface area contributed by atoms with Gasteiger partial charge < -0.3 is 11.1 Å². The summed E-state index contributed by atoms with van der Waals surface area (Å²) in [5.41, 5.74) is 8.81. The van der Waals surface area contributed by atoms with E-state index >= 15 is 0 Å².